The highest BCUT2D eigenvalue weighted by molar-refractivity contribution is 5.62. The maximum absolute atomic E-state index is 13.0. The largest absolute Gasteiger partial charge is 0.391 e. The Kier molecular flexibility index (Phi) is 3.64. The molecule has 0 radical (unpaired) electrons. The molecule has 24 heavy (non-hydrogen) atoms. The minimum absolute atomic E-state index is 0.177. The third-order valence-electron chi connectivity index (χ3n) is 3.88. The predicted octanol–water partition coefficient (Wildman–Crippen LogP) is 1.17. The van der Waals surface area contributed by atoms with Gasteiger partial charge in [-0.3, -0.25) is 8.97 Å². The number of hydrogen-bond donors (Lipinski definition) is 1. The molecule has 1 fully saturated rings. The molecule has 1 aliphatic rings. The van der Waals surface area contributed by atoms with Gasteiger partial charge < -0.3 is 14.6 Å². The molecule has 4 rings (SSSR count). The van der Waals surface area contributed by atoms with E-state index in [9.17, 15) is 9.18 Å². The van der Waals surface area contributed by atoms with Gasteiger partial charge in [0.1, 0.15) is 11.5 Å². The van der Waals surface area contributed by atoms with Crippen molar-refractivity contribution in [3.63, 3.8) is 0 Å². The van der Waals surface area contributed by atoms with E-state index in [1.54, 1.807) is 30.6 Å². The smallest absolute Gasteiger partial charge is 0.336 e. The van der Waals surface area contributed by atoms with E-state index in [1.165, 1.54) is 21.1 Å². The highest BCUT2D eigenvalue weighted by Gasteiger charge is 2.27. The highest BCUT2D eigenvalue weighted by Crippen LogP contribution is 2.21. The first-order valence-electron chi connectivity index (χ1n) is 7.40. The van der Waals surface area contributed by atoms with Gasteiger partial charge in [0, 0.05) is 18.0 Å². The van der Waals surface area contributed by atoms with E-state index in [2.05, 4.69) is 4.98 Å². The molecular formula is C16H14FN3O4. The Balaban J connectivity index is 1.74. The number of hydrogen-bond acceptors (Lipinski definition) is 5. The lowest BCUT2D eigenvalue weighted by Gasteiger charge is -2.12. The number of aliphatic hydroxyl groups is 1. The van der Waals surface area contributed by atoms with Crippen LogP contribution < -0.4 is 5.69 Å². The molecule has 1 aliphatic heterocycles. The summed E-state index contributed by atoms with van der Waals surface area (Å²) in [7, 11) is 0. The summed E-state index contributed by atoms with van der Waals surface area (Å²) < 4.78 is 26.5. The summed E-state index contributed by atoms with van der Waals surface area (Å²) in [5.74, 6) is -0.332. The van der Waals surface area contributed by atoms with Crippen molar-refractivity contribution in [1.82, 2.24) is 14.0 Å². The molecule has 0 saturated carbocycles. The lowest BCUT2D eigenvalue weighted by atomic mass is 10.2. The second-order valence-corrected chi connectivity index (χ2v) is 5.40. The third-order valence-corrected chi connectivity index (χ3v) is 3.88. The van der Waals surface area contributed by atoms with Crippen molar-refractivity contribution in [3.05, 3.63) is 59.0 Å². The number of rotatable bonds is 3. The van der Waals surface area contributed by atoms with Gasteiger partial charge in [0.15, 0.2) is 12.5 Å². The second kappa shape index (κ2) is 5.82. The Hall–Kier alpha value is -2.55. The number of nitrogens with zero attached hydrogens (tertiary/aromatic N) is 3. The summed E-state index contributed by atoms with van der Waals surface area (Å²) in [5, 5.41) is 9.04. The fourth-order valence-corrected chi connectivity index (χ4v) is 2.66. The molecule has 3 heterocycles. The average Bonchev–Trinajstić information content (AvgIpc) is 3.23. The standard InChI is InChI=1S/C16H14FN3O4/c17-11-3-1-10(2-4-11)12-7-20-13(18-12)5-6-19(16(20)22)14-9-23-15(8-21)24-14/h1-7,14-15,21H,8-9H2/t14-,15+/m0/s1. The number of halogens is 1. The highest BCUT2D eigenvalue weighted by atomic mass is 19.1. The number of aromatic nitrogens is 3. The maximum Gasteiger partial charge on any atom is 0.336 e. The molecule has 1 N–H and O–H groups in total. The van der Waals surface area contributed by atoms with E-state index >= 15 is 0 Å². The Bertz CT molecular complexity index is 935. The van der Waals surface area contributed by atoms with Crippen LogP contribution in [0.4, 0.5) is 4.39 Å². The Morgan fingerprint density at radius 3 is 2.79 bits per heavy atom. The number of aliphatic hydroxyl groups excluding tert-OH is 1. The minimum Gasteiger partial charge on any atom is -0.391 e. The molecule has 0 bridgehead atoms. The molecule has 7 nitrogen and oxygen atoms in total. The summed E-state index contributed by atoms with van der Waals surface area (Å²) in [6.45, 7) is -0.0938. The number of imidazole rings is 1. The van der Waals surface area contributed by atoms with Gasteiger partial charge >= 0.3 is 5.69 Å². The van der Waals surface area contributed by atoms with Crippen LogP contribution in [0.15, 0.2) is 47.5 Å². The van der Waals surface area contributed by atoms with E-state index < -0.39 is 12.5 Å². The summed E-state index contributed by atoms with van der Waals surface area (Å²) in [6.07, 6.45) is 1.85. The van der Waals surface area contributed by atoms with Crippen LogP contribution in [0.5, 0.6) is 0 Å². The monoisotopic (exact) mass is 331 g/mol. The Morgan fingerprint density at radius 1 is 1.29 bits per heavy atom. The molecule has 0 aliphatic carbocycles. The summed E-state index contributed by atoms with van der Waals surface area (Å²) >= 11 is 0. The average molecular weight is 331 g/mol. The van der Waals surface area contributed by atoms with Gasteiger partial charge in [-0.25, -0.2) is 14.2 Å². The van der Waals surface area contributed by atoms with E-state index in [0.717, 1.165) is 0 Å². The normalized spacial score (nSPS) is 20.8. The van der Waals surface area contributed by atoms with E-state index in [-0.39, 0.29) is 24.7 Å². The summed E-state index contributed by atoms with van der Waals surface area (Å²) in [5.41, 5.74) is 1.43. The summed E-state index contributed by atoms with van der Waals surface area (Å²) in [4.78, 5) is 17.0. The van der Waals surface area contributed by atoms with Crippen LogP contribution in [0.2, 0.25) is 0 Å². The van der Waals surface area contributed by atoms with Crippen molar-refractivity contribution < 1.29 is 19.0 Å². The van der Waals surface area contributed by atoms with E-state index in [0.29, 0.717) is 16.9 Å². The first-order chi connectivity index (χ1) is 11.7. The van der Waals surface area contributed by atoms with Crippen LogP contribution in [-0.2, 0) is 9.47 Å². The molecule has 0 spiro atoms. The fourth-order valence-electron chi connectivity index (χ4n) is 2.66. The quantitative estimate of drug-likeness (QED) is 0.779. The van der Waals surface area contributed by atoms with Gasteiger partial charge in [0.25, 0.3) is 0 Å². The second-order valence-electron chi connectivity index (χ2n) is 5.40. The molecule has 3 aromatic rings. The van der Waals surface area contributed by atoms with Crippen molar-refractivity contribution in [2.75, 3.05) is 13.2 Å². The zero-order valence-corrected chi connectivity index (χ0v) is 12.5. The number of ether oxygens (including phenoxy) is 2. The van der Waals surface area contributed by atoms with Gasteiger partial charge in [-0.2, -0.15) is 0 Å². The minimum atomic E-state index is -0.727. The fraction of sp³-hybridized carbons (Fsp3) is 0.250. The first kappa shape index (κ1) is 15.0. The lowest BCUT2D eigenvalue weighted by Crippen LogP contribution is -2.30. The van der Waals surface area contributed by atoms with Gasteiger partial charge in [-0.1, -0.05) is 0 Å². The van der Waals surface area contributed by atoms with Crippen LogP contribution in [0.25, 0.3) is 16.9 Å². The van der Waals surface area contributed by atoms with Crippen molar-refractivity contribution in [3.8, 4) is 11.3 Å². The Morgan fingerprint density at radius 2 is 2.08 bits per heavy atom. The maximum atomic E-state index is 13.0. The van der Waals surface area contributed by atoms with Gasteiger partial charge in [-0.15, -0.1) is 0 Å². The molecular weight excluding hydrogens is 317 g/mol. The van der Waals surface area contributed by atoms with Crippen molar-refractivity contribution in [2.45, 2.75) is 12.5 Å². The third kappa shape index (κ3) is 2.50. The van der Waals surface area contributed by atoms with Gasteiger partial charge in [-0.05, 0) is 30.3 Å². The molecule has 0 amide bonds. The molecule has 0 unspecified atom stereocenters. The van der Waals surface area contributed by atoms with Crippen LogP contribution in [0.3, 0.4) is 0 Å². The molecule has 2 aromatic heterocycles. The van der Waals surface area contributed by atoms with Crippen LogP contribution >= 0.6 is 0 Å². The van der Waals surface area contributed by atoms with Crippen molar-refractivity contribution in [1.29, 1.82) is 0 Å². The molecule has 124 valence electrons. The molecule has 8 heteroatoms. The Labute approximate surface area is 135 Å². The van der Waals surface area contributed by atoms with Crippen LogP contribution in [0, 0.1) is 5.82 Å². The topological polar surface area (TPSA) is 78.0 Å². The van der Waals surface area contributed by atoms with E-state index in [4.69, 9.17) is 14.6 Å². The molecule has 1 aromatic carbocycles. The number of fused-ring (bicyclic) bond motifs is 1. The van der Waals surface area contributed by atoms with Gasteiger partial charge in [0.2, 0.25) is 0 Å². The van der Waals surface area contributed by atoms with E-state index in [1.807, 2.05) is 0 Å². The summed E-state index contributed by atoms with van der Waals surface area (Å²) in [6, 6.07) is 7.58. The van der Waals surface area contributed by atoms with Crippen molar-refractivity contribution >= 4 is 5.65 Å². The molecule has 1 saturated heterocycles. The number of benzene rings is 1. The van der Waals surface area contributed by atoms with Gasteiger partial charge in [0.05, 0.1) is 18.9 Å². The van der Waals surface area contributed by atoms with Crippen molar-refractivity contribution in [2.24, 2.45) is 0 Å². The first-order valence-corrected chi connectivity index (χ1v) is 7.40. The SMILES string of the molecule is O=c1n([C@@H]2CO[C@@H](CO)O2)ccc2nc(-c3ccc(F)cc3)cn12. The van der Waals surface area contributed by atoms with Crippen LogP contribution in [-0.4, -0.2) is 38.6 Å². The zero-order valence-electron chi connectivity index (χ0n) is 12.5. The van der Waals surface area contributed by atoms with Crippen LogP contribution in [0.1, 0.15) is 6.23 Å². The molecule has 2 atom stereocenters. The zero-order chi connectivity index (χ0) is 16.7. The predicted molar refractivity (Wildman–Crippen MR) is 81.8 cm³/mol. The lowest BCUT2D eigenvalue weighted by molar-refractivity contribution is -0.0993.